The fraction of sp³-hybridized carbons (Fsp3) is 0.0769. The van der Waals surface area contributed by atoms with Crippen LogP contribution < -0.4 is 11.1 Å². The van der Waals surface area contributed by atoms with Crippen LogP contribution in [0.1, 0.15) is 20.0 Å². The SMILES string of the molecule is COC(=O)c1sccc1NC(=O)c1cc(Cl)c(N)c(Cl)c1. The van der Waals surface area contributed by atoms with E-state index in [0.29, 0.717) is 10.6 Å². The number of benzene rings is 1. The summed E-state index contributed by atoms with van der Waals surface area (Å²) in [4.78, 5) is 24.0. The number of nitrogen functional groups attached to an aromatic ring is 1. The lowest BCUT2D eigenvalue weighted by Gasteiger charge is -2.08. The third-order valence-corrected chi connectivity index (χ3v) is 4.15. The van der Waals surface area contributed by atoms with Gasteiger partial charge in [-0.2, -0.15) is 0 Å². The second kappa shape index (κ2) is 6.34. The molecule has 0 radical (unpaired) electrons. The van der Waals surface area contributed by atoms with E-state index >= 15 is 0 Å². The molecule has 0 saturated heterocycles. The Hall–Kier alpha value is -1.76. The molecular weight excluding hydrogens is 335 g/mol. The summed E-state index contributed by atoms with van der Waals surface area (Å²) >= 11 is 12.9. The van der Waals surface area contributed by atoms with Crippen LogP contribution in [-0.2, 0) is 4.74 Å². The van der Waals surface area contributed by atoms with Gasteiger partial charge in [0.15, 0.2) is 0 Å². The molecule has 0 bridgehead atoms. The number of rotatable bonds is 3. The monoisotopic (exact) mass is 344 g/mol. The van der Waals surface area contributed by atoms with Crippen LogP contribution in [0.15, 0.2) is 23.6 Å². The molecule has 2 aromatic rings. The topological polar surface area (TPSA) is 81.4 Å². The van der Waals surface area contributed by atoms with E-state index in [-0.39, 0.29) is 21.3 Å². The van der Waals surface area contributed by atoms with Gasteiger partial charge < -0.3 is 15.8 Å². The van der Waals surface area contributed by atoms with Crippen molar-refractivity contribution in [3.05, 3.63) is 44.1 Å². The van der Waals surface area contributed by atoms with E-state index in [2.05, 4.69) is 10.1 Å². The van der Waals surface area contributed by atoms with Crippen molar-refractivity contribution < 1.29 is 14.3 Å². The summed E-state index contributed by atoms with van der Waals surface area (Å²) < 4.78 is 4.64. The van der Waals surface area contributed by atoms with Gasteiger partial charge in [0, 0.05) is 5.56 Å². The van der Waals surface area contributed by atoms with E-state index in [1.54, 1.807) is 11.4 Å². The number of ether oxygens (including phenoxy) is 1. The molecule has 1 amide bonds. The Balaban J connectivity index is 2.27. The van der Waals surface area contributed by atoms with Crippen molar-refractivity contribution in [1.82, 2.24) is 0 Å². The molecule has 1 aromatic carbocycles. The molecule has 8 heteroatoms. The molecule has 0 aliphatic heterocycles. The molecule has 110 valence electrons. The van der Waals surface area contributed by atoms with Crippen molar-refractivity contribution in [3.63, 3.8) is 0 Å². The first kappa shape index (κ1) is 15.6. The Labute approximate surface area is 134 Å². The molecule has 1 aromatic heterocycles. The number of halogens is 2. The van der Waals surface area contributed by atoms with Gasteiger partial charge in [0.05, 0.1) is 28.5 Å². The second-order valence-electron chi connectivity index (χ2n) is 3.96. The molecule has 21 heavy (non-hydrogen) atoms. The lowest BCUT2D eigenvalue weighted by atomic mass is 10.2. The highest BCUT2D eigenvalue weighted by Gasteiger charge is 2.17. The smallest absolute Gasteiger partial charge is 0.350 e. The number of anilines is 2. The molecule has 0 aliphatic carbocycles. The Kier molecular flexibility index (Phi) is 4.72. The minimum absolute atomic E-state index is 0.186. The molecule has 0 fully saturated rings. The number of carbonyl (C=O) groups excluding carboxylic acids is 2. The maximum absolute atomic E-state index is 12.2. The van der Waals surface area contributed by atoms with E-state index in [4.69, 9.17) is 28.9 Å². The number of nitrogens with one attached hydrogen (secondary N) is 1. The van der Waals surface area contributed by atoms with Crippen molar-refractivity contribution >= 4 is 57.8 Å². The van der Waals surface area contributed by atoms with E-state index in [1.165, 1.54) is 30.6 Å². The number of hydrogen-bond acceptors (Lipinski definition) is 5. The quantitative estimate of drug-likeness (QED) is 0.657. The van der Waals surface area contributed by atoms with Crippen molar-refractivity contribution in [2.75, 3.05) is 18.2 Å². The minimum atomic E-state index is -0.520. The maximum Gasteiger partial charge on any atom is 0.350 e. The van der Waals surface area contributed by atoms with Crippen LogP contribution >= 0.6 is 34.5 Å². The molecule has 0 spiro atoms. The van der Waals surface area contributed by atoms with Crippen LogP contribution in [-0.4, -0.2) is 19.0 Å². The number of thiophene rings is 1. The van der Waals surface area contributed by atoms with Crippen LogP contribution in [0.25, 0.3) is 0 Å². The molecule has 1 heterocycles. The molecule has 0 saturated carbocycles. The van der Waals surface area contributed by atoms with E-state index in [1.807, 2.05) is 0 Å². The van der Waals surface area contributed by atoms with Gasteiger partial charge >= 0.3 is 5.97 Å². The average molecular weight is 345 g/mol. The molecular formula is C13H10Cl2N2O3S. The number of carbonyl (C=O) groups is 2. The highest BCUT2D eigenvalue weighted by atomic mass is 35.5. The average Bonchev–Trinajstić information content (AvgIpc) is 2.91. The Bertz CT molecular complexity index is 692. The Morgan fingerprint density at radius 1 is 1.29 bits per heavy atom. The summed E-state index contributed by atoms with van der Waals surface area (Å²) in [5.74, 6) is -0.976. The lowest BCUT2D eigenvalue weighted by Crippen LogP contribution is -2.14. The van der Waals surface area contributed by atoms with Gasteiger partial charge in [-0.3, -0.25) is 4.79 Å². The molecule has 0 aliphatic rings. The zero-order valence-electron chi connectivity index (χ0n) is 10.8. The first-order valence-electron chi connectivity index (χ1n) is 5.65. The van der Waals surface area contributed by atoms with Crippen LogP contribution in [0.5, 0.6) is 0 Å². The standard InChI is InChI=1S/C13H10Cl2N2O3S/c1-20-13(19)11-9(2-3-21-11)17-12(18)6-4-7(14)10(16)8(15)5-6/h2-5H,16H2,1H3,(H,17,18). The summed E-state index contributed by atoms with van der Waals surface area (Å²) in [5.41, 5.74) is 6.42. The van der Waals surface area contributed by atoms with Gasteiger partial charge in [-0.15, -0.1) is 11.3 Å². The van der Waals surface area contributed by atoms with Crippen LogP contribution in [0.3, 0.4) is 0 Å². The fourth-order valence-corrected chi connectivity index (χ4v) is 2.82. The van der Waals surface area contributed by atoms with Gasteiger partial charge in [-0.05, 0) is 23.6 Å². The summed E-state index contributed by atoms with van der Waals surface area (Å²) in [5, 5.41) is 4.65. The van der Waals surface area contributed by atoms with E-state index in [0.717, 1.165) is 0 Å². The molecule has 0 atom stereocenters. The third-order valence-electron chi connectivity index (χ3n) is 2.63. The molecule has 2 rings (SSSR count). The predicted octanol–water partition coefficient (Wildman–Crippen LogP) is 3.68. The highest BCUT2D eigenvalue weighted by Crippen LogP contribution is 2.30. The number of esters is 1. The summed E-state index contributed by atoms with van der Waals surface area (Å²) in [6.45, 7) is 0. The maximum atomic E-state index is 12.2. The predicted molar refractivity (Wildman–Crippen MR) is 84.5 cm³/mol. The van der Waals surface area contributed by atoms with Gasteiger partial charge in [-0.1, -0.05) is 23.2 Å². The first-order valence-corrected chi connectivity index (χ1v) is 7.29. The zero-order chi connectivity index (χ0) is 15.6. The molecule has 0 unspecified atom stereocenters. The summed E-state index contributed by atoms with van der Waals surface area (Å²) in [7, 11) is 1.27. The van der Waals surface area contributed by atoms with Crippen molar-refractivity contribution in [2.24, 2.45) is 0 Å². The van der Waals surface area contributed by atoms with Crippen LogP contribution in [0.4, 0.5) is 11.4 Å². The fourth-order valence-electron chi connectivity index (χ4n) is 1.57. The van der Waals surface area contributed by atoms with Gasteiger partial charge in [0.1, 0.15) is 4.88 Å². The minimum Gasteiger partial charge on any atom is -0.465 e. The van der Waals surface area contributed by atoms with Gasteiger partial charge in [-0.25, -0.2) is 4.79 Å². The number of amides is 1. The van der Waals surface area contributed by atoms with E-state index < -0.39 is 11.9 Å². The normalized spacial score (nSPS) is 10.2. The van der Waals surface area contributed by atoms with Crippen LogP contribution in [0, 0.1) is 0 Å². The van der Waals surface area contributed by atoms with Crippen LogP contribution in [0.2, 0.25) is 10.0 Å². The summed E-state index contributed by atoms with van der Waals surface area (Å²) in [6.07, 6.45) is 0. The summed E-state index contributed by atoms with van der Waals surface area (Å²) in [6, 6.07) is 4.42. The van der Waals surface area contributed by atoms with Gasteiger partial charge in [0.2, 0.25) is 0 Å². The molecule has 5 nitrogen and oxygen atoms in total. The number of hydrogen-bond donors (Lipinski definition) is 2. The Morgan fingerprint density at radius 3 is 2.48 bits per heavy atom. The third kappa shape index (κ3) is 3.29. The lowest BCUT2D eigenvalue weighted by molar-refractivity contribution is 0.0607. The van der Waals surface area contributed by atoms with E-state index in [9.17, 15) is 9.59 Å². The van der Waals surface area contributed by atoms with Gasteiger partial charge in [0.25, 0.3) is 5.91 Å². The number of nitrogens with two attached hydrogens (primary N) is 1. The van der Waals surface area contributed by atoms with Crippen molar-refractivity contribution in [3.8, 4) is 0 Å². The number of methoxy groups -OCH3 is 1. The Morgan fingerprint density at radius 2 is 1.90 bits per heavy atom. The van der Waals surface area contributed by atoms with Crippen molar-refractivity contribution in [1.29, 1.82) is 0 Å². The first-order chi connectivity index (χ1) is 9.93. The van der Waals surface area contributed by atoms with Crippen molar-refractivity contribution in [2.45, 2.75) is 0 Å². The second-order valence-corrected chi connectivity index (χ2v) is 5.69. The highest BCUT2D eigenvalue weighted by molar-refractivity contribution is 7.12. The largest absolute Gasteiger partial charge is 0.465 e. The molecule has 3 N–H and O–H groups in total. The zero-order valence-corrected chi connectivity index (χ0v) is 13.1.